The topological polar surface area (TPSA) is 26.0 Å². The van der Waals surface area contributed by atoms with Gasteiger partial charge >= 0.3 is 0 Å². The van der Waals surface area contributed by atoms with Gasteiger partial charge in [0, 0.05) is 17.7 Å². The predicted octanol–water partition coefficient (Wildman–Crippen LogP) is 3.40. The minimum Gasteiger partial charge on any atom is -0.324 e. The van der Waals surface area contributed by atoms with Crippen molar-refractivity contribution in [3.8, 4) is 0 Å². The first-order valence-corrected chi connectivity index (χ1v) is 5.21. The van der Waals surface area contributed by atoms with E-state index in [1.807, 2.05) is 0 Å². The van der Waals surface area contributed by atoms with E-state index in [4.69, 9.17) is 5.73 Å². The monoisotopic (exact) mass is 213 g/mol. The van der Waals surface area contributed by atoms with Crippen LogP contribution in [-0.4, -0.2) is 0 Å². The van der Waals surface area contributed by atoms with Gasteiger partial charge in [-0.2, -0.15) is 0 Å². The normalized spacial score (nSPS) is 13.2. The van der Waals surface area contributed by atoms with E-state index in [0.29, 0.717) is 11.5 Å². The van der Waals surface area contributed by atoms with Gasteiger partial charge in [-0.15, -0.1) is 0 Å². The summed E-state index contributed by atoms with van der Waals surface area (Å²) in [4.78, 5) is 0. The fourth-order valence-electron chi connectivity index (χ4n) is 1.47. The lowest BCUT2D eigenvalue weighted by atomic mass is 9.98. The SMILES string of the molecule is CC(C)CC[C@H](N)c1ccc(F)cc1F. The molecule has 0 aliphatic heterocycles. The molecule has 1 atom stereocenters. The smallest absolute Gasteiger partial charge is 0.130 e. The number of hydrogen-bond acceptors (Lipinski definition) is 1. The molecule has 0 aliphatic carbocycles. The highest BCUT2D eigenvalue weighted by atomic mass is 19.1. The summed E-state index contributed by atoms with van der Waals surface area (Å²) >= 11 is 0. The average molecular weight is 213 g/mol. The van der Waals surface area contributed by atoms with E-state index in [2.05, 4.69) is 13.8 Å². The van der Waals surface area contributed by atoms with E-state index < -0.39 is 11.6 Å². The Morgan fingerprint density at radius 3 is 2.40 bits per heavy atom. The van der Waals surface area contributed by atoms with Crippen LogP contribution in [0, 0.1) is 17.6 Å². The lowest BCUT2D eigenvalue weighted by Crippen LogP contribution is -2.13. The first kappa shape index (κ1) is 12.1. The largest absolute Gasteiger partial charge is 0.324 e. The zero-order valence-corrected chi connectivity index (χ0v) is 9.13. The average Bonchev–Trinajstić information content (AvgIpc) is 2.14. The molecule has 0 spiro atoms. The molecule has 0 saturated heterocycles. The van der Waals surface area contributed by atoms with Crippen LogP contribution in [-0.2, 0) is 0 Å². The van der Waals surface area contributed by atoms with Crippen molar-refractivity contribution in [2.75, 3.05) is 0 Å². The third-order valence-corrected chi connectivity index (χ3v) is 2.42. The van der Waals surface area contributed by atoms with Gasteiger partial charge in [-0.25, -0.2) is 8.78 Å². The Bertz CT molecular complexity index is 323. The Morgan fingerprint density at radius 1 is 1.20 bits per heavy atom. The van der Waals surface area contributed by atoms with Crippen LogP contribution in [0.5, 0.6) is 0 Å². The van der Waals surface area contributed by atoms with Crippen LogP contribution in [0.1, 0.15) is 38.3 Å². The molecule has 1 rings (SSSR count). The third-order valence-electron chi connectivity index (χ3n) is 2.42. The molecular weight excluding hydrogens is 196 g/mol. The molecule has 0 fully saturated rings. The van der Waals surface area contributed by atoms with E-state index in [9.17, 15) is 8.78 Å². The van der Waals surface area contributed by atoms with E-state index in [-0.39, 0.29) is 6.04 Å². The second-order valence-corrected chi connectivity index (χ2v) is 4.24. The van der Waals surface area contributed by atoms with Gasteiger partial charge in [-0.3, -0.25) is 0 Å². The van der Waals surface area contributed by atoms with Crippen molar-refractivity contribution in [2.24, 2.45) is 11.7 Å². The summed E-state index contributed by atoms with van der Waals surface area (Å²) in [5.74, 6) is -0.571. The molecule has 15 heavy (non-hydrogen) atoms. The second kappa shape index (κ2) is 5.21. The zero-order valence-electron chi connectivity index (χ0n) is 9.13. The maximum atomic E-state index is 13.3. The molecule has 0 heterocycles. The highest BCUT2D eigenvalue weighted by Gasteiger charge is 2.12. The standard InChI is InChI=1S/C12H17F2N/c1-8(2)3-6-12(15)10-5-4-9(13)7-11(10)14/h4-5,7-8,12H,3,6,15H2,1-2H3/t12-/m0/s1. The Labute approximate surface area is 89.3 Å². The quantitative estimate of drug-likeness (QED) is 0.815. The van der Waals surface area contributed by atoms with Crippen molar-refractivity contribution in [1.82, 2.24) is 0 Å². The summed E-state index contributed by atoms with van der Waals surface area (Å²) < 4.78 is 25.9. The van der Waals surface area contributed by atoms with Crippen LogP contribution in [0.15, 0.2) is 18.2 Å². The first-order valence-electron chi connectivity index (χ1n) is 5.21. The van der Waals surface area contributed by atoms with Gasteiger partial charge in [-0.1, -0.05) is 19.9 Å². The molecule has 1 nitrogen and oxygen atoms in total. The number of benzene rings is 1. The Hall–Kier alpha value is -0.960. The van der Waals surface area contributed by atoms with Gasteiger partial charge in [0.15, 0.2) is 0 Å². The lowest BCUT2D eigenvalue weighted by molar-refractivity contribution is 0.487. The molecule has 84 valence electrons. The molecule has 2 N–H and O–H groups in total. The summed E-state index contributed by atoms with van der Waals surface area (Å²) in [6.07, 6.45) is 1.66. The van der Waals surface area contributed by atoms with Crippen LogP contribution < -0.4 is 5.73 Å². The summed E-state index contributed by atoms with van der Waals surface area (Å²) in [6.45, 7) is 4.18. The molecule has 3 heteroatoms. The molecule has 0 aliphatic rings. The predicted molar refractivity (Wildman–Crippen MR) is 57.4 cm³/mol. The Morgan fingerprint density at radius 2 is 1.87 bits per heavy atom. The second-order valence-electron chi connectivity index (χ2n) is 4.24. The van der Waals surface area contributed by atoms with Crippen LogP contribution in [0.3, 0.4) is 0 Å². The van der Waals surface area contributed by atoms with Crippen molar-refractivity contribution >= 4 is 0 Å². The number of hydrogen-bond donors (Lipinski definition) is 1. The van der Waals surface area contributed by atoms with E-state index in [1.165, 1.54) is 12.1 Å². The van der Waals surface area contributed by atoms with E-state index in [0.717, 1.165) is 18.9 Å². The molecule has 0 aromatic heterocycles. The number of nitrogens with two attached hydrogens (primary N) is 1. The number of rotatable bonds is 4. The maximum Gasteiger partial charge on any atom is 0.130 e. The van der Waals surface area contributed by atoms with Gasteiger partial charge in [0.25, 0.3) is 0 Å². The summed E-state index contributed by atoms with van der Waals surface area (Å²) in [5.41, 5.74) is 6.23. The van der Waals surface area contributed by atoms with Crippen molar-refractivity contribution in [1.29, 1.82) is 0 Å². The zero-order chi connectivity index (χ0) is 11.4. The summed E-state index contributed by atoms with van der Waals surface area (Å²) in [5, 5.41) is 0. The minimum atomic E-state index is -0.563. The molecule has 0 radical (unpaired) electrons. The number of halogens is 2. The molecule has 0 saturated carbocycles. The van der Waals surface area contributed by atoms with Crippen molar-refractivity contribution < 1.29 is 8.78 Å². The fourth-order valence-corrected chi connectivity index (χ4v) is 1.47. The van der Waals surface area contributed by atoms with E-state index in [1.54, 1.807) is 0 Å². The van der Waals surface area contributed by atoms with Crippen molar-refractivity contribution in [3.63, 3.8) is 0 Å². The molecule has 1 aromatic carbocycles. The molecule has 0 amide bonds. The van der Waals surface area contributed by atoms with Gasteiger partial charge < -0.3 is 5.73 Å². The van der Waals surface area contributed by atoms with Crippen LogP contribution in [0.2, 0.25) is 0 Å². The lowest BCUT2D eigenvalue weighted by Gasteiger charge is -2.14. The summed E-state index contributed by atoms with van der Waals surface area (Å²) in [6, 6.07) is 3.21. The minimum absolute atomic E-state index is 0.340. The van der Waals surface area contributed by atoms with Crippen molar-refractivity contribution in [2.45, 2.75) is 32.7 Å². The van der Waals surface area contributed by atoms with E-state index >= 15 is 0 Å². The highest BCUT2D eigenvalue weighted by Crippen LogP contribution is 2.21. The molecule has 1 aromatic rings. The first-order chi connectivity index (χ1) is 7.00. The maximum absolute atomic E-state index is 13.3. The van der Waals surface area contributed by atoms with Crippen LogP contribution in [0.25, 0.3) is 0 Å². The Balaban J connectivity index is 2.69. The van der Waals surface area contributed by atoms with Gasteiger partial charge in [0.1, 0.15) is 11.6 Å². The summed E-state index contributed by atoms with van der Waals surface area (Å²) in [7, 11) is 0. The fraction of sp³-hybridized carbons (Fsp3) is 0.500. The van der Waals surface area contributed by atoms with Gasteiger partial charge in [0.05, 0.1) is 0 Å². The van der Waals surface area contributed by atoms with Gasteiger partial charge in [-0.05, 0) is 24.8 Å². The highest BCUT2D eigenvalue weighted by molar-refractivity contribution is 5.21. The van der Waals surface area contributed by atoms with Crippen molar-refractivity contribution in [3.05, 3.63) is 35.4 Å². The molecule has 0 unspecified atom stereocenters. The molecular formula is C12H17F2N. The van der Waals surface area contributed by atoms with Gasteiger partial charge in [0.2, 0.25) is 0 Å². The molecule has 0 bridgehead atoms. The Kier molecular flexibility index (Phi) is 4.21. The van der Waals surface area contributed by atoms with Crippen LogP contribution >= 0.6 is 0 Å². The third kappa shape index (κ3) is 3.59. The van der Waals surface area contributed by atoms with Crippen LogP contribution in [0.4, 0.5) is 8.78 Å².